The number of hydroxylamine groups is 1. The van der Waals surface area contributed by atoms with Gasteiger partial charge in [-0.15, -0.1) is 0 Å². The Kier molecular flexibility index (Phi) is 1.40. The van der Waals surface area contributed by atoms with E-state index in [4.69, 9.17) is 0 Å². The molecule has 1 aliphatic heterocycles. The molecule has 2 nitrogen and oxygen atoms in total. The summed E-state index contributed by atoms with van der Waals surface area (Å²) in [6.07, 6.45) is 4.30. The van der Waals surface area contributed by atoms with Crippen LogP contribution < -0.4 is 5.06 Å². The van der Waals surface area contributed by atoms with Crippen LogP contribution in [0.1, 0.15) is 5.56 Å². The molecule has 0 radical (unpaired) electrons. The maximum absolute atomic E-state index is 11.1. The number of nitrogens with zero attached hydrogens (tertiary/aromatic N) is 1. The standard InChI is InChI=1S/C9H8NO/c11-10-7-3-5-8-4-1-2-6-9(8)10/h1-4,6-7H,5H2/q-1. The second kappa shape index (κ2) is 2.40. The van der Waals surface area contributed by atoms with Crippen molar-refractivity contribution in [1.82, 2.24) is 0 Å². The normalized spacial score (nSPS) is 14.8. The van der Waals surface area contributed by atoms with Crippen LogP contribution in [0.2, 0.25) is 0 Å². The minimum Gasteiger partial charge on any atom is -0.754 e. The molecule has 1 aromatic rings. The average molecular weight is 146 g/mol. The minimum absolute atomic E-state index is 0.773. The summed E-state index contributed by atoms with van der Waals surface area (Å²) in [5.41, 5.74) is 1.88. The van der Waals surface area contributed by atoms with Gasteiger partial charge in [-0.2, -0.15) is 0 Å². The molecule has 1 aliphatic rings. The van der Waals surface area contributed by atoms with Crippen LogP contribution in [-0.4, -0.2) is 0 Å². The van der Waals surface area contributed by atoms with Crippen LogP contribution >= 0.6 is 0 Å². The van der Waals surface area contributed by atoms with Gasteiger partial charge in [-0.3, -0.25) is 0 Å². The zero-order valence-corrected chi connectivity index (χ0v) is 6.03. The molecule has 0 spiro atoms. The van der Waals surface area contributed by atoms with Crippen molar-refractivity contribution in [2.75, 3.05) is 5.06 Å². The highest BCUT2D eigenvalue weighted by atomic mass is 16.5. The minimum atomic E-state index is 0.773. The van der Waals surface area contributed by atoms with Crippen molar-refractivity contribution in [2.45, 2.75) is 6.42 Å². The maximum atomic E-state index is 11.1. The molecular formula is C9H8NO-. The van der Waals surface area contributed by atoms with E-state index in [1.54, 1.807) is 6.20 Å². The molecule has 2 rings (SSSR count). The Morgan fingerprint density at radius 3 is 2.91 bits per heavy atom. The molecule has 0 N–H and O–H groups in total. The fourth-order valence-corrected chi connectivity index (χ4v) is 1.25. The summed E-state index contributed by atoms with van der Waals surface area (Å²) >= 11 is 0. The van der Waals surface area contributed by atoms with Gasteiger partial charge < -0.3 is 10.3 Å². The SMILES string of the molecule is [O-]N1C=CCc2ccccc21. The Bertz CT molecular complexity index is 293. The van der Waals surface area contributed by atoms with E-state index in [0.717, 1.165) is 22.7 Å². The predicted octanol–water partition coefficient (Wildman–Crippen LogP) is 2.06. The third-order valence-corrected chi connectivity index (χ3v) is 1.81. The molecule has 0 unspecified atom stereocenters. The molecule has 0 bridgehead atoms. The summed E-state index contributed by atoms with van der Waals surface area (Å²) in [5, 5.41) is 12.0. The third-order valence-electron chi connectivity index (χ3n) is 1.81. The lowest BCUT2D eigenvalue weighted by Crippen LogP contribution is -2.11. The molecule has 0 saturated carbocycles. The number of rotatable bonds is 0. The monoisotopic (exact) mass is 146 g/mol. The molecule has 11 heavy (non-hydrogen) atoms. The Balaban J connectivity index is 2.50. The fraction of sp³-hybridized carbons (Fsp3) is 0.111. The average Bonchev–Trinajstić information content (AvgIpc) is 2.06. The van der Waals surface area contributed by atoms with Crippen LogP contribution in [0.4, 0.5) is 5.69 Å². The van der Waals surface area contributed by atoms with E-state index in [1.165, 1.54) is 0 Å². The van der Waals surface area contributed by atoms with Crippen molar-refractivity contribution in [2.24, 2.45) is 0 Å². The van der Waals surface area contributed by atoms with E-state index >= 15 is 0 Å². The van der Waals surface area contributed by atoms with Crippen molar-refractivity contribution in [3.8, 4) is 0 Å². The summed E-state index contributed by atoms with van der Waals surface area (Å²) in [6, 6.07) is 7.64. The van der Waals surface area contributed by atoms with E-state index in [9.17, 15) is 5.21 Å². The van der Waals surface area contributed by atoms with Gasteiger partial charge in [0.25, 0.3) is 0 Å². The lowest BCUT2D eigenvalue weighted by molar-refractivity contribution is 1.13. The predicted molar refractivity (Wildman–Crippen MR) is 45.1 cm³/mol. The first kappa shape index (κ1) is 6.43. The molecule has 0 aromatic heterocycles. The van der Waals surface area contributed by atoms with E-state index in [-0.39, 0.29) is 0 Å². The molecule has 56 valence electrons. The molecule has 0 aliphatic carbocycles. The maximum Gasteiger partial charge on any atom is 0.0334 e. The van der Waals surface area contributed by atoms with E-state index in [2.05, 4.69) is 0 Å². The molecule has 1 heterocycles. The van der Waals surface area contributed by atoms with Gasteiger partial charge in [-0.25, -0.2) is 0 Å². The largest absolute Gasteiger partial charge is 0.754 e. The van der Waals surface area contributed by atoms with Gasteiger partial charge in [0.05, 0.1) is 0 Å². The number of hydrogen-bond acceptors (Lipinski definition) is 2. The number of benzene rings is 1. The van der Waals surface area contributed by atoms with Gasteiger partial charge in [0, 0.05) is 5.69 Å². The van der Waals surface area contributed by atoms with Crippen molar-refractivity contribution in [1.29, 1.82) is 0 Å². The van der Waals surface area contributed by atoms with Gasteiger partial charge in [-0.05, 0) is 24.3 Å². The first-order chi connectivity index (χ1) is 5.38. The Morgan fingerprint density at radius 1 is 1.27 bits per heavy atom. The highest BCUT2D eigenvalue weighted by Crippen LogP contribution is 2.23. The van der Waals surface area contributed by atoms with Crippen LogP contribution in [-0.2, 0) is 6.42 Å². The van der Waals surface area contributed by atoms with Crippen molar-refractivity contribution < 1.29 is 0 Å². The number of allylic oxidation sites excluding steroid dienone is 1. The molecule has 0 fully saturated rings. The summed E-state index contributed by atoms with van der Waals surface area (Å²) in [6.45, 7) is 0. The van der Waals surface area contributed by atoms with E-state index in [1.807, 2.05) is 30.3 Å². The summed E-state index contributed by atoms with van der Waals surface area (Å²) in [4.78, 5) is 0. The van der Waals surface area contributed by atoms with E-state index in [0.29, 0.717) is 0 Å². The number of para-hydroxylation sites is 1. The van der Waals surface area contributed by atoms with Gasteiger partial charge in [0.15, 0.2) is 0 Å². The second-order valence-electron chi connectivity index (χ2n) is 2.54. The smallest absolute Gasteiger partial charge is 0.0334 e. The molecule has 0 amide bonds. The summed E-state index contributed by atoms with van der Waals surface area (Å²) in [5.74, 6) is 0. The zero-order valence-electron chi connectivity index (χ0n) is 6.03. The zero-order chi connectivity index (χ0) is 7.68. The van der Waals surface area contributed by atoms with Crippen LogP contribution in [0, 0.1) is 5.21 Å². The van der Waals surface area contributed by atoms with Gasteiger partial charge >= 0.3 is 0 Å². The van der Waals surface area contributed by atoms with Gasteiger partial charge in [0.1, 0.15) is 0 Å². The van der Waals surface area contributed by atoms with Crippen LogP contribution in [0.3, 0.4) is 0 Å². The third kappa shape index (κ3) is 1.01. The van der Waals surface area contributed by atoms with Crippen LogP contribution in [0.15, 0.2) is 36.5 Å². The Labute approximate surface area is 65.3 Å². The number of anilines is 1. The fourth-order valence-electron chi connectivity index (χ4n) is 1.25. The lowest BCUT2D eigenvalue weighted by atomic mass is 10.1. The Morgan fingerprint density at radius 2 is 2.09 bits per heavy atom. The lowest BCUT2D eigenvalue weighted by Gasteiger charge is -2.31. The van der Waals surface area contributed by atoms with Crippen LogP contribution in [0.25, 0.3) is 0 Å². The second-order valence-corrected chi connectivity index (χ2v) is 2.54. The van der Waals surface area contributed by atoms with Crippen molar-refractivity contribution in [3.05, 3.63) is 47.3 Å². The molecule has 0 atom stereocenters. The van der Waals surface area contributed by atoms with Crippen LogP contribution in [0.5, 0.6) is 0 Å². The van der Waals surface area contributed by atoms with E-state index < -0.39 is 0 Å². The highest BCUT2D eigenvalue weighted by Gasteiger charge is 2.02. The van der Waals surface area contributed by atoms with Gasteiger partial charge in [-0.1, -0.05) is 24.3 Å². The first-order valence-electron chi connectivity index (χ1n) is 3.59. The summed E-state index contributed by atoms with van der Waals surface area (Å²) in [7, 11) is 0. The molecule has 2 heteroatoms. The molecule has 0 saturated heterocycles. The van der Waals surface area contributed by atoms with Crippen molar-refractivity contribution >= 4 is 5.69 Å². The number of fused-ring (bicyclic) bond motifs is 1. The highest BCUT2D eigenvalue weighted by molar-refractivity contribution is 5.59. The molecular weight excluding hydrogens is 138 g/mol. The number of hydrogen-bond donors (Lipinski definition) is 0. The van der Waals surface area contributed by atoms with Crippen molar-refractivity contribution in [3.63, 3.8) is 0 Å². The molecule has 1 aromatic carbocycles. The van der Waals surface area contributed by atoms with Gasteiger partial charge in [0.2, 0.25) is 0 Å². The quantitative estimate of drug-likeness (QED) is 0.560. The topological polar surface area (TPSA) is 26.3 Å². The Hall–Kier alpha value is -1.28. The first-order valence-corrected chi connectivity index (χ1v) is 3.59. The summed E-state index contributed by atoms with van der Waals surface area (Å²) < 4.78 is 0.